The topological polar surface area (TPSA) is 31.6 Å². The summed E-state index contributed by atoms with van der Waals surface area (Å²) in [6.07, 6.45) is 8.04. The van der Waals surface area contributed by atoms with Crippen LogP contribution in [0.2, 0.25) is 44.8 Å². The molecule has 0 fully saturated rings. The van der Waals surface area contributed by atoms with Gasteiger partial charge >= 0.3 is 0 Å². The van der Waals surface area contributed by atoms with E-state index < -0.39 is 16.1 Å². The van der Waals surface area contributed by atoms with E-state index in [-0.39, 0.29) is 13.1 Å². The van der Waals surface area contributed by atoms with Gasteiger partial charge in [-0.05, 0) is 51.9 Å². The smallest absolute Gasteiger partial charge is 0.0888 e. The Labute approximate surface area is 221 Å². The number of H-pyrrole nitrogens is 2. The fourth-order valence-corrected chi connectivity index (χ4v) is 17.1. The second-order valence-corrected chi connectivity index (χ2v) is 29.6. The molecule has 0 amide bonds. The van der Waals surface area contributed by atoms with E-state index in [1.165, 1.54) is 23.1 Å². The minimum absolute atomic E-state index is 0.254. The molecule has 0 spiro atoms. The maximum atomic E-state index is 3.61. The monoisotopic (exact) mass is 544 g/mol. The molecule has 194 valence electrons. The molecule has 0 saturated carbocycles. The molecule has 0 bridgehead atoms. The molecule has 2 aromatic rings. The Balaban J connectivity index is 2.40. The second kappa shape index (κ2) is 9.57. The summed E-state index contributed by atoms with van der Waals surface area (Å²) < 4.78 is 0. The summed E-state index contributed by atoms with van der Waals surface area (Å²) >= 11 is 0. The predicted molar refractivity (Wildman–Crippen MR) is 169 cm³/mol. The molecule has 0 aliphatic heterocycles. The Hall–Kier alpha value is -0.666. The Kier molecular flexibility index (Phi) is 7.90. The van der Waals surface area contributed by atoms with Gasteiger partial charge in [0.15, 0.2) is 0 Å². The van der Waals surface area contributed by atoms with Gasteiger partial charge in [-0.3, -0.25) is 0 Å². The molecule has 2 heterocycles. The summed E-state index contributed by atoms with van der Waals surface area (Å²) in [6.45, 7) is 30.3. The van der Waals surface area contributed by atoms with Crippen LogP contribution in [-0.4, -0.2) is 42.6 Å². The summed E-state index contributed by atoms with van der Waals surface area (Å²) in [6, 6.07) is 8.81. The van der Waals surface area contributed by atoms with Gasteiger partial charge in [0, 0.05) is 23.8 Å². The molecule has 1 aliphatic rings. The molecule has 1 aliphatic carbocycles. The van der Waals surface area contributed by atoms with E-state index in [1.807, 2.05) is 0 Å². The number of nitrogens with one attached hydrogen (secondary N) is 2. The normalized spacial score (nSPS) is 18.6. The van der Waals surface area contributed by atoms with E-state index in [4.69, 9.17) is 0 Å². The summed E-state index contributed by atoms with van der Waals surface area (Å²) in [4.78, 5) is 7.22. The molecule has 2 unspecified atom stereocenters. The van der Waals surface area contributed by atoms with Gasteiger partial charge in [-0.1, -0.05) is 106 Å². The molecule has 0 radical (unpaired) electrons. The van der Waals surface area contributed by atoms with Gasteiger partial charge in [-0.2, -0.15) is 0 Å². The van der Waals surface area contributed by atoms with E-state index in [1.54, 1.807) is 10.8 Å². The Morgan fingerprint density at radius 1 is 0.829 bits per heavy atom. The molecule has 3 rings (SSSR count). The third-order valence-corrected chi connectivity index (χ3v) is 17.1. The van der Waals surface area contributed by atoms with Crippen LogP contribution in [0.3, 0.4) is 0 Å². The quantitative estimate of drug-likeness (QED) is 0.257. The lowest BCUT2D eigenvalue weighted by atomic mass is 9.89. The summed E-state index contributed by atoms with van der Waals surface area (Å²) in [5, 5.41) is 2.04. The first-order valence-electron chi connectivity index (χ1n) is 13.1. The van der Waals surface area contributed by atoms with Gasteiger partial charge in [-0.25, -0.2) is 0 Å². The van der Waals surface area contributed by atoms with Crippen LogP contribution in [-0.2, 0) is 5.16 Å². The van der Waals surface area contributed by atoms with Crippen molar-refractivity contribution >= 4 is 33.3 Å². The molecule has 2 nitrogen and oxygen atoms in total. The molecular weight excluding hydrogens is 494 g/mol. The standard InChI is InChI=1S/C29H50N2P2Si2/c1-27(2,3)33(28(4,5)6)20-21-22(19-23(34(7,8)9)26(21)35(10,11)12)29(32,24-15-13-17-30-24)25-16-14-18-31-25/h13-19,26,30-31H,20,32H2,1-12H3. The van der Waals surface area contributed by atoms with Gasteiger partial charge in [0.2, 0.25) is 0 Å². The lowest BCUT2D eigenvalue weighted by Crippen LogP contribution is -2.39. The van der Waals surface area contributed by atoms with Gasteiger partial charge in [0.25, 0.3) is 0 Å². The van der Waals surface area contributed by atoms with Crippen molar-refractivity contribution < 1.29 is 0 Å². The average Bonchev–Trinajstić information content (AvgIpc) is 3.43. The Bertz CT molecular complexity index is 1020. The van der Waals surface area contributed by atoms with E-state index in [9.17, 15) is 0 Å². The van der Waals surface area contributed by atoms with Crippen molar-refractivity contribution in [2.75, 3.05) is 6.16 Å². The van der Waals surface area contributed by atoms with Crippen LogP contribution >= 0.6 is 17.2 Å². The van der Waals surface area contributed by atoms with Crippen LogP contribution in [0, 0.1) is 0 Å². The van der Waals surface area contributed by atoms with Crippen LogP contribution in [0.4, 0.5) is 0 Å². The Morgan fingerprint density at radius 3 is 1.60 bits per heavy atom. The first-order chi connectivity index (χ1) is 15.8. The fraction of sp³-hybridized carbons (Fsp3) is 0.586. The Morgan fingerprint density at radius 2 is 1.29 bits per heavy atom. The number of hydrogen-bond acceptors (Lipinski definition) is 0. The molecule has 2 N–H and O–H groups in total. The van der Waals surface area contributed by atoms with E-state index in [0.29, 0.717) is 15.9 Å². The summed E-state index contributed by atoms with van der Waals surface area (Å²) in [5.41, 5.74) is 6.37. The van der Waals surface area contributed by atoms with Crippen LogP contribution in [0.1, 0.15) is 52.9 Å². The van der Waals surface area contributed by atoms with E-state index in [2.05, 4.69) is 143 Å². The maximum absolute atomic E-state index is 3.61. The highest BCUT2D eigenvalue weighted by atomic mass is 31.1. The molecule has 0 aromatic carbocycles. The van der Waals surface area contributed by atoms with Crippen LogP contribution < -0.4 is 0 Å². The zero-order chi connectivity index (χ0) is 26.6. The summed E-state index contributed by atoms with van der Waals surface area (Å²) in [7, 11) is -0.0354. The number of aromatic nitrogens is 2. The van der Waals surface area contributed by atoms with Gasteiger partial charge in [0.1, 0.15) is 0 Å². The predicted octanol–water partition coefficient (Wildman–Crippen LogP) is 9.36. The minimum atomic E-state index is -1.55. The lowest BCUT2D eigenvalue weighted by Gasteiger charge is -2.45. The maximum Gasteiger partial charge on any atom is 0.0888 e. The van der Waals surface area contributed by atoms with Crippen molar-refractivity contribution in [1.29, 1.82) is 0 Å². The van der Waals surface area contributed by atoms with Crippen LogP contribution in [0.15, 0.2) is 59.1 Å². The van der Waals surface area contributed by atoms with Crippen molar-refractivity contribution in [1.82, 2.24) is 9.97 Å². The molecule has 35 heavy (non-hydrogen) atoms. The SMILES string of the molecule is CC(C)(C)P(CC1=C(C(P)(c2ccc[nH]2)c2ccc[nH]2)C=C([Si](C)(C)C)C1[Si](C)(C)C)C(C)(C)C. The number of aromatic amines is 2. The first-order valence-corrected chi connectivity index (χ1v) is 22.3. The third-order valence-electron chi connectivity index (χ3n) is 7.46. The van der Waals surface area contributed by atoms with Gasteiger partial charge in [-0.15, -0.1) is 9.24 Å². The fourth-order valence-electron chi connectivity index (χ4n) is 6.09. The van der Waals surface area contributed by atoms with Crippen molar-refractivity contribution in [3.63, 3.8) is 0 Å². The van der Waals surface area contributed by atoms with E-state index >= 15 is 0 Å². The number of allylic oxidation sites excluding steroid dienone is 4. The molecule has 2 aromatic heterocycles. The highest BCUT2D eigenvalue weighted by molar-refractivity contribution is 7.61. The van der Waals surface area contributed by atoms with Crippen LogP contribution in [0.5, 0.6) is 0 Å². The van der Waals surface area contributed by atoms with Gasteiger partial charge < -0.3 is 9.97 Å². The molecule has 0 saturated heterocycles. The van der Waals surface area contributed by atoms with Crippen molar-refractivity contribution in [3.8, 4) is 0 Å². The lowest BCUT2D eigenvalue weighted by molar-refractivity contribution is 0.704. The largest absolute Gasteiger partial charge is 0.364 e. The average molecular weight is 545 g/mol. The number of hydrogen-bond donors (Lipinski definition) is 2. The molecule has 2 atom stereocenters. The van der Waals surface area contributed by atoms with E-state index in [0.717, 1.165) is 0 Å². The molecular formula is C29H50N2P2Si2. The highest BCUT2D eigenvalue weighted by Gasteiger charge is 2.49. The second-order valence-electron chi connectivity index (χ2n) is 14.5. The van der Waals surface area contributed by atoms with Crippen LogP contribution in [0.25, 0.3) is 0 Å². The van der Waals surface area contributed by atoms with Gasteiger partial charge in [0.05, 0.1) is 21.3 Å². The number of rotatable bonds is 7. The highest BCUT2D eigenvalue weighted by Crippen LogP contribution is 2.65. The summed E-state index contributed by atoms with van der Waals surface area (Å²) in [5.74, 6) is 0. The zero-order valence-electron chi connectivity index (χ0n) is 24.4. The van der Waals surface area contributed by atoms with Crippen molar-refractivity contribution in [2.24, 2.45) is 0 Å². The first kappa shape index (κ1) is 28.9. The molecule has 6 heteroatoms. The minimum Gasteiger partial charge on any atom is -0.364 e. The van der Waals surface area contributed by atoms with Crippen molar-refractivity contribution in [2.45, 2.75) is 102 Å². The zero-order valence-corrected chi connectivity index (χ0v) is 28.4. The van der Waals surface area contributed by atoms with Crippen molar-refractivity contribution in [3.05, 3.63) is 70.5 Å². The third kappa shape index (κ3) is 5.77.